The van der Waals surface area contributed by atoms with Crippen molar-refractivity contribution in [3.8, 4) is 40.1 Å². The van der Waals surface area contributed by atoms with Crippen molar-refractivity contribution in [3.63, 3.8) is 0 Å². The first kappa shape index (κ1) is 31.0. The van der Waals surface area contributed by atoms with Crippen molar-refractivity contribution < 1.29 is 32.9 Å². The van der Waals surface area contributed by atoms with Gasteiger partial charge in [-0.05, 0) is 34.9 Å². The van der Waals surface area contributed by atoms with Crippen molar-refractivity contribution in [1.29, 1.82) is 0 Å². The van der Waals surface area contributed by atoms with Gasteiger partial charge in [0, 0.05) is 24.6 Å². The van der Waals surface area contributed by atoms with Crippen LogP contribution in [0.25, 0.3) is 22.3 Å². The van der Waals surface area contributed by atoms with Crippen LogP contribution in [0.2, 0.25) is 0 Å². The van der Waals surface area contributed by atoms with Crippen molar-refractivity contribution in [3.05, 3.63) is 148 Å². The molecule has 1 heterocycles. The molecule has 0 amide bonds. The van der Waals surface area contributed by atoms with Crippen LogP contribution in [0.1, 0.15) is 23.6 Å². The zero-order chi connectivity index (χ0) is 32.6. The van der Waals surface area contributed by atoms with Gasteiger partial charge in [-0.15, -0.1) is 0 Å². The first-order valence-electron chi connectivity index (χ1n) is 15.0. The lowest BCUT2D eigenvalue weighted by atomic mass is 10.1. The van der Waals surface area contributed by atoms with E-state index < -0.39 is 11.4 Å². The van der Waals surface area contributed by atoms with Crippen LogP contribution in [0, 0.1) is 0 Å². The molecule has 0 saturated carbocycles. The predicted octanol–water partition coefficient (Wildman–Crippen LogP) is 8.13. The maximum Gasteiger partial charge on any atom is 0.308 e. The highest BCUT2D eigenvalue weighted by Gasteiger charge is 2.24. The number of fused-ring (bicyclic) bond motifs is 1. The topological polar surface area (TPSA) is 93.4 Å². The number of esters is 1. The molecule has 8 heteroatoms. The second-order valence-electron chi connectivity index (χ2n) is 10.7. The number of rotatable bonds is 12. The Labute approximate surface area is 271 Å². The molecule has 0 radical (unpaired) electrons. The highest BCUT2D eigenvalue weighted by Crippen LogP contribution is 2.44. The van der Waals surface area contributed by atoms with E-state index in [1.54, 1.807) is 18.2 Å². The lowest BCUT2D eigenvalue weighted by Gasteiger charge is -2.17. The fraction of sp³-hybridized carbons (Fsp3) is 0.128. The molecule has 0 aliphatic carbocycles. The Morgan fingerprint density at radius 2 is 1.17 bits per heavy atom. The predicted molar refractivity (Wildman–Crippen MR) is 178 cm³/mol. The monoisotopic (exact) mass is 628 g/mol. The third-order valence-electron chi connectivity index (χ3n) is 7.29. The van der Waals surface area contributed by atoms with Gasteiger partial charge in [0.05, 0.1) is 7.11 Å². The summed E-state index contributed by atoms with van der Waals surface area (Å²) in [4.78, 5) is 25.8. The van der Waals surface area contributed by atoms with Crippen molar-refractivity contribution in [2.45, 2.75) is 26.7 Å². The van der Waals surface area contributed by atoms with Crippen LogP contribution < -0.4 is 29.1 Å². The van der Waals surface area contributed by atoms with Gasteiger partial charge in [0.2, 0.25) is 5.75 Å². The van der Waals surface area contributed by atoms with Crippen LogP contribution in [-0.2, 0) is 24.6 Å². The van der Waals surface area contributed by atoms with E-state index >= 15 is 0 Å². The van der Waals surface area contributed by atoms with Gasteiger partial charge in [-0.3, -0.25) is 9.59 Å². The fourth-order valence-corrected chi connectivity index (χ4v) is 5.01. The maximum absolute atomic E-state index is 13.8. The molecule has 6 rings (SSSR count). The Morgan fingerprint density at radius 1 is 0.617 bits per heavy atom. The summed E-state index contributed by atoms with van der Waals surface area (Å²) in [5, 5.41) is 0.116. The van der Waals surface area contributed by atoms with Crippen molar-refractivity contribution in [2.75, 3.05) is 7.11 Å². The molecule has 236 valence electrons. The summed E-state index contributed by atoms with van der Waals surface area (Å²) in [7, 11) is 1.43. The number of ether oxygens (including phenoxy) is 5. The highest BCUT2D eigenvalue weighted by molar-refractivity contribution is 5.91. The maximum atomic E-state index is 13.8. The molecule has 0 N–H and O–H groups in total. The Morgan fingerprint density at radius 3 is 1.72 bits per heavy atom. The third-order valence-corrected chi connectivity index (χ3v) is 7.29. The minimum atomic E-state index is -0.592. The molecule has 0 aliphatic heterocycles. The summed E-state index contributed by atoms with van der Waals surface area (Å²) in [5.41, 5.74) is 3.25. The molecule has 1 aromatic heterocycles. The number of methoxy groups -OCH3 is 1. The van der Waals surface area contributed by atoms with E-state index in [1.807, 2.05) is 91.0 Å². The van der Waals surface area contributed by atoms with E-state index in [0.717, 1.165) is 16.7 Å². The van der Waals surface area contributed by atoms with Gasteiger partial charge in [-0.1, -0.05) is 91.0 Å². The van der Waals surface area contributed by atoms with Crippen LogP contribution in [0.5, 0.6) is 28.7 Å². The summed E-state index contributed by atoms with van der Waals surface area (Å²) in [5.74, 6) is 0.951. The molecular formula is C39H32O8. The van der Waals surface area contributed by atoms with E-state index in [1.165, 1.54) is 26.2 Å². The molecule has 0 bridgehead atoms. The normalized spacial score (nSPS) is 10.8. The Kier molecular flexibility index (Phi) is 9.48. The van der Waals surface area contributed by atoms with Gasteiger partial charge >= 0.3 is 5.97 Å². The van der Waals surface area contributed by atoms with E-state index in [0.29, 0.717) is 30.3 Å². The van der Waals surface area contributed by atoms with Gasteiger partial charge < -0.3 is 28.1 Å². The molecule has 0 saturated heterocycles. The molecular weight excluding hydrogens is 596 g/mol. The van der Waals surface area contributed by atoms with Gasteiger partial charge in [-0.2, -0.15) is 0 Å². The van der Waals surface area contributed by atoms with E-state index in [2.05, 4.69) is 0 Å². The van der Waals surface area contributed by atoms with Crippen molar-refractivity contribution in [2.24, 2.45) is 0 Å². The summed E-state index contributed by atoms with van der Waals surface area (Å²) < 4.78 is 35.9. The zero-order valence-electron chi connectivity index (χ0n) is 25.9. The van der Waals surface area contributed by atoms with Crippen molar-refractivity contribution >= 4 is 16.9 Å². The minimum absolute atomic E-state index is 0.00000268. The summed E-state index contributed by atoms with van der Waals surface area (Å²) in [6.07, 6.45) is 0. The van der Waals surface area contributed by atoms with Crippen LogP contribution in [0.3, 0.4) is 0 Å². The molecule has 5 aromatic carbocycles. The van der Waals surface area contributed by atoms with Gasteiger partial charge in [-0.25, -0.2) is 0 Å². The lowest BCUT2D eigenvalue weighted by Crippen LogP contribution is -2.10. The molecule has 47 heavy (non-hydrogen) atoms. The molecule has 6 aromatic rings. The van der Waals surface area contributed by atoms with Gasteiger partial charge in [0.15, 0.2) is 28.4 Å². The average Bonchev–Trinajstić information content (AvgIpc) is 3.10. The minimum Gasteiger partial charge on any atom is -0.493 e. The quantitative estimate of drug-likeness (QED) is 0.0991. The molecule has 8 nitrogen and oxygen atoms in total. The number of hydrogen-bond donors (Lipinski definition) is 0. The van der Waals surface area contributed by atoms with E-state index in [-0.39, 0.29) is 40.6 Å². The second-order valence-corrected chi connectivity index (χ2v) is 10.7. The smallest absolute Gasteiger partial charge is 0.308 e. The van der Waals surface area contributed by atoms with Crippen LogP contribution in [-0.4, -0.2) is 13.1 Å². The number of benzene rings is 5. The summed E-state index contributed by atoms with van der Waals surface area (Å²) >= 11 is 0. The summed E-state index contributed by atoms with van der Waals surface area (Å²) in [6, 6.07) is 37.3. The van der Waals surface area contributed by atoms with E-state index in [4.69, 9.17) is 28.1 Å². The number of hydrogen-bond acceptors (Lipinski definition) is 8. The number of carbonyl (C=O) groups excluding carboxylic acids is 1. The Hall–Kier alpha value is -6.02. The number of carbonyl (C=O) groups is 1. The van der Waals surface area contributed by atoms with Crippen LogP contribution in [0.4, 0.5) is 0 Å². The van der Waals surface area contributed by atoms with Crippen LogP contribution >= 0.6 is 0 Å². The van der Waals surface area contributed by atoms with E-state index in [9.17, 15) is 9.59 Å². The summed E-state index contributed by atoms with van der Waals surface area (Å²) in [6.45, 7) is 2.04. The first-order chi connectivity index (χ1) is 23.0. The average molecular weight is 629 g/mol. The van der Waals surface area contributed by atoms with Crippen molar-refractivity contribution in [1.82, 2.24) is 0 Å². The molecule has 0 unspecified atom stereocenters. The molecule has 0 atom stereocenters. The third kappa shape index (κ3) is 7.45. The zero-order valence-corrected chi connectivity index (χ0v) is 25.9. The van der Waals surface area contributed by atoms with Gasteiger partial charge in [0.25, 0.3) is 0 Å². The highest BCUT2D eigenvalue weighted by atomic mass is 16.6. The SMILES string of the molecule is COc1cc2oc(-c3ccc(OCc4ccccc4)c(OCc4ccccc4)c3)cc(=O)c2c(OCc2ccccc2)c1OC(C)=O. The lowest BCUT2D eigenvalue weighted by molar-refractivity contribution is -0.132. The Balaban J connectivity index is 1.40. The largest absolute Gasteiger partial charge is 0.493 e. The molecule has 0 spiro atoms. The second kappa shape index (κ2) is 14.4. The Bertz CT molecular complexity index is 2040. The standard InChI is InChI=1S/C39H32O8/c1-26(40)46-38-36(42-2)22-35-37(39(38)45-25-29-16-10-5-11-17-29)31(41)21-33(47-35)30-18-19-32(43-23-27-12-6-3-7-13-27)34(20-30)44-24-28-14-8-4-9-15-28/h3-22H,23-25H2,1-2H3. The first-order valence-corrected chi connectivity index (χ1v) is 15.0. The fourth-order valence-electron chi connectivity index (χ4n) is 5.01. The molecule has 0 fully saturated rings. The van der Waals surface area contributed by atoms with Crippen LogP contribution in [0.15, 0.2) is 131 Å². The molecule has 0 aliphatic rings. The van der Waals surface area contributed by atoms with Gasteiger partial charge in [0.1, 0.15) is 36.6 Å².